The number of alkyl carbamates (subject to hydrolysis) is 1. The molecule has 1 amide bonds. The zero-order chi connectivity index (χ0) is 32.8. The minimum Gasteiger partial charge on any atom is -0.489 e. The Bertz CT molecular complexity index is 1490. The molecule has 11 heteroatoms. The molecular weight excluding hydrogens is 607 g/mol. The molecule has 2 N–H and O–H groups in total. The molecule has 47 heavy (non-hydrogen) atoms. The van der Waals surface area contributed by atoms with Gasteiger partial charge in [-0.3, -0.25) is 4.90 Å². The van der Waals surface area contributed by atoms with Gasteiger partial charge in [-0.2, -0.15) is 0 Å². The van der Waals surface area contributed by atoms with Crippen LogP contribution in [0.3, 0.4) is 0 Å². The van der Waals surface area contributed by atoms with Gasteiger partial charge in [0.05, 0.1) is 31.3 Å². The van der Waals surface area contributed by atoms with Gasteiger partial charge in [0.2, 0.25) is 6.79 Å². The first-order valence-corrected chi connectivity index (χ1v) is 16.2. The Morgan fingerprint density at radius 2 is 1.81 bits per heavy atom. The summed E-state index contributed by atoms with van der Waals surface area (Å²) in [6, 6.07) is 19.0. The zero-order valence-corrected chi connectivity index (χ0v) is 26.8. The number of fused-ring (bicyclic) bond motifs is 2. The van der Waals surface area contributed by atoms with Gasteiger partial charge in [0.15, 0.2) is 17.8 Å². The summed E-state index contributed by atoms with van der Waals surface area (Å²) < 4.78 is 47.5. The lowest BCUT2D eigenvalue weighted by Crippen LogP contribution is -2.50. The van der Waals surface area contributed by atoms with E-state index in [1.165, 1.54) is 12.1 Å². The topological polar surface area (TPSA) is 108 Å². The molecule has 3 aromatic carbocycles. The van der Waals surface area contributed by atoms with Crippen LogP contribution in [0.1, 0.15) is 37.0 Å². The number of carbonyl (C=O) groups excluding carboxylic acids is 1. The Morgan fingerprint density at radius 1 is 1.00 bits per heavy atom. The van der Waals surface area contributed by atoms with E-state index in [4.69, 9.17) is 28.4 Å². The van der Waals surface area contributed by atoms with Crippen LogP contribution in [0, 0.1) is 17.7 Å². The van der Waals surface area contributed by atoms with E-state index in [1.807, 2.05) is 42.5 Å². The molecule has 0 spiro atoms. The third-order valence-electron chi connectivity index (χ3n) is 8.60. The van der Waals surface area contributed by atoms with Gasteiger partial charge in [0.1, 0.15) is 24.3 Å². The number of nitrogens with zero attached hydrogens (tertiary/aromatic N) is 1. The summed E-state index contributed by atoms with van der Waals surface area (Å²) in [5.74, 6) is 2.11. The van der Waals surface area contributed by atoms with E-state index in [2.05, 4.69) is 24.1 Å². The summed E-state index contributed by atoms with van der Waals surface area (Å²) in [5.41, 5.74) is 2.66. The van der Waals surface area contributed by atoms with Crippen molar-refractivity contribution in [3.8, 4) is 17.2 Å². The van der Waals surface area contributed by atoms with E-state index >= 15 is 0 Å². The lowest BCUT2D eigenvalue weighted by molar-refractivity contribution is -0.0907. The summed E-state index contributed by atoms with van der Waals surface area (Å²) in [7, 11) is 0. The SMILES string of the molecule is CC(C)CN(Cc1ccc2c(c1)OCO2)CC(O)C(Cc1ccc(OCc2cccc(F)c2)cc1)NC(=O)OC1COC2OCCC12. The molecular formula is C36H43FN2O8. The molecule has 3 heterocycles. The van der Waals surface area contributed by atoms with E-state index < -0.39 is 24.3 Å². The maximum Gasteiger partial charge on any atom is 0.407 e. The minimum atomic E-state index is -0.915. The monoisotopic (exact) mass is 650 g/mol. The minimum absolute atomic E-state index is 0.00674. The van der Waals surface area contributed by atoms with E-state index in [-0.39, 0.29) is 38.0 Å². The molecule has 0 aromatic heterocycles. The van der Waals surface area contributed by atoms with Crippen LogP contribution in [0.25, 0.3) is 0 Å². The molecule has 252 valence electrons. The van der Waals surface area contributed by atoms with Gasteiger partial charge in [-0.05, 0) is 71.8 Å². The average molecular weight is 651 g/mol. The average Bonchev–Trinajstić information content (AvgIpc) is 3.79. The summed E-state index contributed by atoms with van der Waals surface area (Å²) in [5, 5.41) is 14.6. The van der Waals surface area contributed by atoms with Crippen molar-refractivity contribution in [3.05, 3.63) is 89.2 Å². The number of aliphatic hydroxyl groups is 1. The highest BCUT2D eigenvalue weighted by atomic mass is 19.1. The molecule has 0 saturated carbocycles. The van der Waals surface area contributed by atoms with Crippen molar-refractivity contribution >= 4 is 6.09 Å². The second-order valence-electron chi connectivity index (χ2n) is 12.8. The van der Waals surface area contributed by atoms with Crippen molar-refractivity contribution in [2.75, 3.05) is 33.1 Å². The second kappa shape index (κ2) is 15.3. The van der Waals surface area contributed by atoms with Crippen LogP contribution >= 0.6 is 0 Å². The van der Waals surface area contributed by atoms with Crippen molar-refractivity contribution < 1.29 is 42.7 Å². The molecule has 0 aliphatic carbocycles. The van der Waals surface area contributed by atoms with Crippen molar-refractivity contribution in [2.45, 2.75) is 64.4 Å². The van der Waals surface area contributed by atoms with Crippen molar-refractivity contribution in [2.24, 2.45) is 11.8 Å². The van der Waals surface area contributed by atoms with Crippen LogP contribution in [0.15, 0.2) is 66.7 Å². The Hall–Kier alpha value is -3.90. The number of hydrogen-bond donors (Lipinski definition) is 2. The lowest BCUT2D eigenvalue weighted by atomic mass is 10.00. The van der Waals surface area contributed by atoms with Gasteiger partial charge in [-0.15, -0.1) is 0 Å². The first-order valence-electron chi connectivity index (χ1n) is 16.2. The first kappa shape index (κ1) is 33.0. The Labute approximate surface area is 274 Å². The quantitative estimate of drug-likeness (QED) is 0.248. The highest BCUT2D eigenvalue weighted by molar-refractivity contribution is 5.68. The van der Waals surface area contributed by atoms with Crippen LogP contribution < -0.4 is 19.5 Å². The smallest absolute Gasteiger partial charge is 0.407 e. The highest BCUT2D eigenvalue weighted by Gasteiger charge is 2.44. The first-order chi connectivity index (χ1) is 22.8. The van der Waals surface area contributed by atoms with E-state index in [1.54, 1.807) is 12.1 Å². The third kappa shape index (κ3) is 8.92. The normalized spacial score (nSPS) is 21.1. The van der Waals surface area contributed by atoms with Gasteiger partial charge < -0.3 is 38.8 Å². The number of amides is 1. The fraction of sp³-hybridized carbons (Fsp3) is 0.472. The van der Waals surface area contributed by atoms with E-state index in [0.29, 0.717) is 43.5 Å². The molecule has 3 aromatic rings. The molecule has 0 radical (unpaired) electrons. The fourth-order valence-corrected chi connectivity index (χ4v) is 6.33. The molecule has 2 saturated heterocycles. The zero-order valence-electron chi connectivity index (χ0n) is 26.8. The fourth-order valence-electron chi connectivity index (χ4n) is 6.33. The number of aliphatic hydroxyl groups excluding tert-OH is 1. The van der Waals surface area contributed by atoms with Crippen LogP contribution in [0.2, 0.25) is 0 Å². The predicted octanol–water partition coefficient (Wildman–Crippen LogP) is 5.05. The number of carbonyl (C=O) groups is 1. The van der Waals surface area contributed by atoms with Crippen LogP contribution in [0.4, 0.5) is 9.18 Å². The number of rotatable bonds is 14. The Kier molecular flexibility index (Phi) is 10.8. The maximum absolute atomic E-state index is 13.6. The van der Waals surface area contributed by atoms with Crippen LogP contribution in [-0.2, 0) is 33.8 Å². The summed E-state index contributed by atoms with van der Waals surface area (Å²) >= 11 is 0. The molecule has 0 bridgehead atoms. The highest BCUT2D eigenvalue weighted by Crippen LogP contribution is 2.34. The van der Waals surface area contributed by atoms with E-state index in [9.17, 15) is 14.3 Å². The number of benzene rings is 3. The third-order valence-corrected chi connectivity index (χ3v) is 8.60. The summed E-state index contributed by atoms with van der Waals surface area (Å²) in [6.07, 6.45) is -1.13. The Morgan fingerprint density at radius 3 is 2.62 bits per heavy atom. The van der Waals surface area contributed by atoms with Gasteiger partial charge in [-0.25, -0.2) is 9.18 Å². The van der Waals surface area contributed by atoms with Gasteiger partial charge in [-0.1, -0.05) is 44.2 Å². The molecule has 5 atom stereocenters. The van der Waals surface area contributed by atoms with Crippen LogP contribution in [0.5, 0.6) is 17.2 Å². The van der Waals surface area contributed by atoms with Crippen molar-refractivity contribution in [1.82, 2.24) is 10.2 Å². The lowest BCUT2D eigenvalue weighted by Gasteiger charge is -2.31. The molecule has 2 fully saturated rings. The summed E-state index contributed by atoms with van der Waals surface area (Å²) in [4.78, 5) is 15.4. The Balaban J connectivity index is 1.13. The van der Waals surface area contributed by atoms with Crippen molar-refractivity contribution in [1.29, 1.82) is 0 Å². The summed E-state index contributed by atoms with van der Waals surface area (Å²) in [6.45, 7) is 7.21. The molecule has 3 aliphatic heterocycles. The molecule has 5 unspecified atom stereocenters. The molecule has 6 rings (SSSR count). The molecule has 3 aliphatic rings. The number of halogens is 1. The largest absolute Gasteiger partial charge is 0.489 e. The maximum atomic E-state index is 13.6. The predicted molar refractivity (Wildman–Crippen MR) is 171 cm³/mol. The second-order valence-corrected chi connectivity index (χ2v) is 12.8. The standard InChI is InChI=1S/C36H43FN2O8/c1-23(2)17-39(18-25-8-11-32-33(16-25)46-22-45-32)19-31(40)30(38-36(41)47-34-21-44-35-29(34)12-13-42-35)15-24-6-9-28(10-7-24)43-20-26-4-3-5-27(37)14-26/h3-11,14,16,23,29-31,34-35,40H,12-13,15,17-22H2,1-2H3,(H,38,41). The molecule has 10 nitrogen and oxygen atoms in total. The van der Waals surface area contributed by atoms with E-state index in [0.717, 1.165) is 35.4 Å². The van der Waals surface area contributed by atoms with Crippen LogP contribution in [-0.4, -0.2) is 73.7 Å². The van der Waals surface area contributed by atoms with Crippen molar-refractivity contribution in [3.63, 3.8) is 0 Å². The number of nitrogens with one attached hydrogen (secondary N) is 1. The van der Waals surface area contributed by atoms with Gasteiger partial charge >= 0.3 is 6.09 Å². The number of hydrogen-bond acceptors (Lipinski definition) is 9. The van der Waals surface area contributed by atoms with Gasteiger partial charge in [0.25, 0.3) is 0 Å². The number of ether oxygens (including phenoxy) is 6. The van der Waals surface area contributed by atoms with Gasteiger partial charge in [0, 0.05) is 19.6 Å².